The molecular formula is C16H22N6O2. The fourth-order valence-electron chi connectivity index (χ4n) is 2.64. The molecule has 1 aliphatic rings. The largest absolute Gasteiger partial charge is 0.481 e. The zero-order valence-corrected chi connectivity index (χ0v) is 14.0. The zero-order chi connectivity index (χ0) is 16.9. The van der Waals surface area contributed by atoms with Crippen LogP contribution in [-0.2, 0) is 13.6 Å². The number of ether oxygens (including phenoxy) is 1. The highest BCUT2D eigenvalue weighted by Gasteiger charge is 2.22. The molecule has 2 aromatic heterocycles. The van der Waals surface area contributed by atoms with Gasteiger partial charge in [-0.15, -0.1) is 0 Å². The summed E-state index contributed by atoms with van der Waals surface area (Å²) in [6.45, 7) is 3.86. The smallest absolute Gasteiger partial charge is 0.321 e. The molecule has 8 heteroatoms. The highest BCUT2D eigenvalue weighted by Crippen LogP contribution is 2.13. The molecule has 0 aliphatic carbocycles. The Morgan fingerprint density at radius 1 is 1.25 bits per heavy atom. The van der Waals surface area contributed by atoms with Gasteiger partial charge >= 0.3 is 6.03 Å². The van der Waals surface area contributed by atoms with E-state index in [0.29, 0.717) is 24.7 Å². The van der Waals surface area contributed by atoms with Crippen LogP contribution in [0.25, 0.3) is 0 Å². The van der Waals surface area contributed by atoms with Crippen LogP contribution in [0.1, 0.15) is 5.82 Å². The molecule has 2 amide bonds. The van der Waals surface area contributed by atoms with Crippen molar-refractivity contribution in [3.63, 3.8) is 0 Å². The minimum Gasteiger partial charge on any atom is -0.481 e. The normalized spacial score (nSPS) is 15.3. The van der Waals surface area contributed by atoms with Crippen LogP contribution in [0.5, 0.6) is 5.88 Å². The third kappa shape index (κ3) is 3.83. The lowest BCUT2D eigenvalue weighted by molar-refractivity contribution is 0.140. The van der Waals surface area contributed by atoms with Crippen molar-refractivity contribution in [2.24, 2.45) is 7.05 Å². The van der Waals surface area contributed by atoms with Gasteiger partial charge in [0, 0.05) is 51.7 Å². The first-order valence-electron chi connectivity index (χ1n) is 7.90. The Bertz CT molecular complexity index is 676. The molecule has 0 unspecified atom stereocenters. The number of aryl methyl sites for hydroxylation is 1. The molecule has 1 N–H and O–H groups in total. The van der Waals surface area contributed by atoms with Crippen molar-refractivity contribution in [1.82, 2.24) is 24.3 Å². The van der Waals surface area contributed by atoms with Gasteiger partial charge in [0.1, 0.15) is 5.82 Å². The van der Waals surface area contributed by atoms with Gasteiger partial charge in [-0.25, -0.2) is 14.8 Å². The van der Waals surface area contributed by atoms with Crippen molar-refractivity contribution >= 4 is 11.7 Å². The van der Waals surface area contributed by atoms with Gasteiger partial charge in [0.2, 0.25) is 5.88 Å². The molecule has 0 bridgehead atoms. The van der Waals surface area contributed by atoms with Crippen molar-refractivity contribution in [2.75, 3.05) is 38.6 Å². The SMILES string of the molecule is COc1ccc(NC(=O)N2CCN(Cc3nccn3C)CC2)cn1. The fourth-order valence-corrected chi connectivity index (χ4v) is 2.64. The molecule has 3 rings (SSSR count). The van der Waals surface area contributed by atoms with E-state index in [4.69, 9.17) is 4.74 Å². The van der Waals surface area contributed by atoms with Crippen molar-refractivity contribution in [1.29, 1.82) is 0 Å². The first-order valence-corrected chi connectivity index (χ1v) is 7.90. The molecule has 0 saturated carbocycles. The number of imidazole rings is 1. The van der Waals surface area contributed by atoms with E-state index in [9.17, 15) is 4.79 Å². The number of hydrogen-bond acceptors (Lipinski definition) is 5. The third-order valence-electron chi connectivity index (χ3n) is 4.14. The maximum absolute atomic E-state index is 12.3. The maximum atomic E-state index is 12.3. The predicted octanol–water partition coefficient (Wildman–Crippen LogP) is 1.17. The number of anilines is 1. The van der Waals surface area contributed by atoms with Crippen molar-refractivity contribution in [3.8, 4) is 5.88 Å². The van der Waals surface area contributed by atoms with E-state index >= 15 is 0 Å². The summed E-state index contributed by atoms with van der Waals surface area (Å²) in [4.78, 5) is 24.9. The number of nitrogens with zero attached hydrogens (tertiary/aromatic N) is 5. The highest BCUT2D eigenvalue weighted by atomic mass is 16.5. The number of rotatable bonds is 4. The summed E-state index contributed by atoms with van der Waals surface area (Å²) in [6, 6.07) is 3.40. The molecule has 24 heavy (non-hydrogen) atoms. The molecular weight excluding hydrogens is 308 g/mol. The van der Waals surface area contributed by atoms with E-state index in [0.717, 1.165) is 25.5 Å². The number of methoxy groups -OCH3 is 1. The van der Waals surface area contributed by atoms with Gasteiger partial charge in [0.05, 0.1) is 25.5 Å². The van der Waals surface area contributed by atoms with Gasteiger partial charge in [0.25, 0.3) is 0 Å². The van der Waals surface area contributed by atoms with E-state index in [1.165, 1.54) is 0 Å². The predicted molar refractivity (Wildman–Crippen MR) is 89.9 cm³/mol. The number of piperazine rings is 1. The van der Waals surface area contributed by atoms with Crippen LogP contribution < -0.4 is 10.1 Å². The van der Waals surface area contributed by atoms with E-state index in [2.05, 4.69) is 20.2 Å². The van der Waals surface area contributed by atoms with Crippen LogP contribution in [0, 0.1) is 0 Å². The summed E-state index contributed by atoms with van der Waals surface area (Å²) in [7, 11) is 3.56. The second kappa shape index (κ2) is 7.31. The van der Waals surface area contributed by atoms with Gasteiger partial charge in [-0.2, -0.15) is 0 Å². The number of aromatic nitrogens is 3. The Labute approximate surface area is 141 Å². The molecule has 1 saturated heterocycles. The number of urea groups is 1. The fraction of sp³-hybridized carbons (Fsp3) is 0.438. The second-order valence-corrected chi connectivity index (χ2v) is 5.74. The molecule has 0 spiro atoms. The summed E-state index contributed by atoms with van der Waals surface area (Å²) < 4.78 is 7.03. The molecule has 3 heterocycles. The summed E-state index contributed by atoms with van der Waals surface area (Å²) >= 11 is 0. The minimum atomic E-state index is -0.0985. The molecule has 1 aliphatic heterocycles. The molecule has 1 fully saturated rings. The van der Waals surface area contributed by atoms with Crippen LogP contribution in [0.15, 0.2) is 30.7 Å². The Morgan fingerprint density at radius 2 is 2.04 bits per heavy atom. The lowest BCUT2D eigenvalue weighted by Crippen LogP contribution is -2.49. The summed E-state index contributed by atoms with van der Waals surface area (Å²) in [5.41, 5.74) is 0.663. The lowest BCUT2D eigenvalue weighted by atomic mass is 10.3. The van der Waals surface area contributed by atoms with E-state index in [1.807, 2.05) is 28.9 Å². The van der Waals surface area contributed by atoms with Crippen molar-refractivity contribution in [2.45, 2.75) is 6.54 Å². The first-order chi connectivity index (χ1) is 11.7. The van der Waals surface area contributed by atoms with Crippen LogP contribution in [-0.4, -0.2) is 63.7 Å². The van der Waals surface area contributed by atoms with Crippen LogP contribution in [0.3, 0.4) is 0 Å². The molecule has 128 valence electrons. The molecule has 0 radical (unpaired) electrons. The number of carbonyl (C=O) groups excluding carboxylic acids is 1. The third-order valence-corrected chi connectivity index (χ3v) is 4.14. The number of nitrogens with one attached hydrogen (secondary N) is 1. The Balaban J connectivity index is 1.48. The number of amides is 2. The molecule has 2 aromatic rings. The summed E-state index contributed by atoms with van der Waals surface area (Å²) in [5.74, 6) is 1.56. The van der Waals surface area contributed by atoms with Crippen molar-refractivity contribution in [3.05, 3.63) is 36.5 Å². The standard InChI is InChI=1S/C16H22N6O2/c1-20-6-5-17-14(20)12-21-7-9-22(10-8-21)16(23)19-13-3-4-15(24-2)18-11-13/h3-6,11H,7-10,12H2,1-2H3,(H,19,23). The summed E-state index contributed by atoms with van der Waals surface area (Å²) in [5, 5.41) is 2.87. The molecule has 0 aromatic carbocycles. The van der Waals surface area contributed by atoms with Crippen LogP contribution in [0.4, 0.5) is 10.5 Å². The quantitative estimate of drug-likeness (QED) is 0.911. The minimum absolute atomic E-state index is 0.0985. The van der Waals surface area contributed by atoms with Gasteiger partial charge in [0.15, 0.2) is 0 Å². The van der Waals surface area contributed by atoms with E-state index in [1.54, 1.807) is 25.4 Å². The number of pyridine rings is 1. The first kappa shape index (κ1) is 16.3. The Kier molecular flexibility index (Phi) is 4.95. The van der Waals surface area contributed by atoms with Gasteiger partial charge in [-0.1, -0.05) is 0 Å². The Morgan fingerprint density at radius 3 is 2.62 bits per heavy atom. The van der Waals surface area contributed by atoms with Crippen LogP contribution in [0.2, 0.25) is 0 Å². The van der Waals surface area contributed by atoms with Crippen LogP contribution >= 0.6 is 0 Å². The second-order valence-electron chi connectivity index (χ2n) is 5.74. The average molecular weight is 330 g/mol. The number of carbonyl (C=O) groups is 1. The van der Waals surface area contributed by atoms with E-state index in [-0.39, 0.29) is 6.03 Å². The zero-order valence-electron chi connectivity index (χ0n) is 14.0. The summed E-state index contributed by atoms with van der Waals surface area (Å²) in [6.07, 6.45) is 5.35. The lowest BCUT2D eigenvalue weighted by Gasteiger charge is -2.34. The number of hydrogen-bond donors (Lipinski definition) is 1. The van der Waals surface area contributed by atoms with Crippen molar-refractivity contribution < 1.29 is 9.53 Å². The Hall–Kier alpha value is -2.61. The maximum Gasteiger partial charge on any atom is 0.321 e. The van der Waals surface area contributed by atoms with Gasteiger partial charge in [-0.05, 0) is 6.07 Å². The molecule has 0 atom stereocenters. The van der Waals surface area contributed by atoms with Gasteiger partial charge in [-0.3, -0.25) is 4.90 Å². The highest BCUT2D eigenvalue weighted by molar-refractivity contribution is 5.89. The molecule has 8 nitrogen and oxygen atoms in total. The average Bonchev–Trinajstić information content (AvgIpc) is 3.01. The topological polar surface area (TPSA) is 75.5 Å². The monoisotopic (exact) mass is 330 g/mol. The van der Waals surface area contributed by atoms with Gasteiger partial charge < -0.3 is 19.5 Å². The van der Waals surface area contributed by atoms with E-state index < -0.39 is 0 Å².